The Labute approximate surface area is 268 Å². The summed E-state index contributed by atoms with van der Waals surface area (Å²) in [6.07, 6.45) is 2.70. The molecular formula is C26H20F2N6O9S3. The molecule has 3 aromatic rings. The molecule has 0 saturated carbocycles. The van der Waals surface area contributed by atoms with Gasteiger partial charge in [-0.05, 0) is 17.7 Å². The average Bonchev–Trinajstić information content (AvgIpc) is 3.70. The molecule has 20 heteroatoms. The first-order valence-electron chi connectivity index (χ1n) is 12.7. The highest BCUT2D eigenvalue weighted by Gasteiger charge is 2.53. The SMILES string of the molecule is Nc1nc(C(=NOC(C(=O)O)c2cc(F)c(O)c(O)c2F)C(=O)NC2C(=O)N3C(C(=O)[O-])=C(C=CC[n+]4ccsc4)CSC23)cs1. The van der Waals surface area contributed by atoms with Crippen LogP contribution in [0, 0.1) is 11.6 Å². The number of thiazole rings is 2. The van der Waals surface area contributed by atoms with Crippen molar-refractivity contribution in [2.45, 2.75) is 24.1 Å². The Morgan fingerprint density at radius 2 is 2.09 bits per heavy atom. The van der Waals surface area contributed by atoms with Crippen molar-refractivity contribution in [3.8, 4) is 11.5 Å². The van der Waals surface area contributed by atoms with Crippen molar-refractivity contribution in [1.82, 2.24) is 15.2 Å². The van der Waals surface area contributed by atoms with E-state index in [1.807, 2.05) is 21.7 Å². The summed E-state index contributed by atoms with van der Waals surface area (Å²) in [5.41, 5.74) is 5.44. The number of anilines is 1. The van der Waals surface area contributed by atoms with Gasteiger partial charge < -0.3 is 41.1 Å². The van der Waals surface area contributed by atoms with Crippen LogP contribution < -0.4 is 20.7 Å². The molecule has 240 valence electrons. The number of nitrogen functional groups attached to an aromatic ring is 1. The Morgan fingerprint density at radius 1 is 1.33 bits per heavy atom. The van der Waals surface area contributed by atoms with E-state index < -0.39 is 75.7 Å². The van der Waals surface area contributed by atoms with Gasteiger partial charge in [0.2, 0.25) is 5.51 Å². The van der Waals surface area contributed by atoms with E-state index in [1.165, 1.54) is 16.7 Å². The van der Waals surface area contributed by atoms with Gasteiger partial charge >= 0.3 is 5.97 Å². The number of halogens is 2. The van der Waals surface area contributed by atoms with E-state index in [-0.39, 0.29) is 28.3 Å². The topological polar surface area (TPSA) is 232 Å². The molecule has 2 aliphatic rings. The van der Waals surface area contributed by atoms with Gasteiger partial charge in [0.15, 0.2) is 46.7 Å². The second kappa shape index (κ2) is 13.1. The number of carbonyl (C=O) groups is 4. The molecule has 3 atom stereocenters. The molecule has 0 bridgehead atoms. The van der Waals surface area contributed by atoms with E-state index >= 15 is 0 Å². The number of aliphatic carboxylic acids is 2. The molecule has 1 aromatic carbocycles. The van der Waals surface area contributed by atoms with Crippen molar-refractivity contribution < 1.29 is 57.8 Å². The number of aromatic nitrogens is 2. The second-order valence-electron chi connectivity index (χ2n) is 9.44. The number of fused-ring (bicyclic) bond motifs is 1. The van der Waals surface area contributed by atoms with Gasteiger partial charge in [0.1, 0.15) is 17.1 Å². The lowest BCUT2D eigenvalue weighted by molar-refractivity contribution is -0.682. The number of carboxylic acids is 2. The highest BCUT2D eigenvalue weighted by atomic mass is 32.2. The van der Waals surface area contributed by atoms with Crippen LogP contribution in [0.4, 0.5) is 13.9 Å². The number of aromatic hydroxyl groups is 2. The average molecular weight is 695 g/mol. The summed E-state index contributed by atoms with van der Waals surface area (Å²) >= 11 is 3.50. The van der Waals surface area contributed by atoms with E-state index in [0.29, 0.717) is 12.1 Å². The maximum atomic E-state index is 14.6. The molecule has 46 heavy (non-hydrogen) atoms. The highest BCUT2D eigenvalue weighted by molar-refractivity contribution is 8.00. The summed E-state index contributed by atoms with van der Waals surface area (Å²) in [5.74, 6) is -11.6. The van der Waals surface area contributed by atoms with Crippen LogP contribution in [0.3, 0.4) is 0 Å². The van der Waals surface area contributed by atoms with Gasteiger partial charge in [0.05, 0.1) is 17.0 Å². The number of benzene rings is 1. The fraction of sp³-hybridized carbons (Fsp3) is 0.192. The number of phenols is 2. The van der Waals surface area contributed by atoms with Crippen molar-refractivity contribution in [2.75, 3.05) is 11.5 Å². The fourth-order valence-corrected chi connectivity index (χ4v) is 6.88. The molecule has 4 heterocycles. The van der Waals surface area contributed by atoms with Crippen LogP contribution in [0.5, 0.6) is 11.5 Å². The lowest BCUT2D eigenvalue weighted by Crippen LogP contribution is -2.71. The van der Waals surface area contributed by atoms with Crippen molar-refractivity contribution in [3.05, 3.63) is 74.8 Å². The van der Waals surface area contributed by atoms with E-state index in [0.717, 1.165) is 28.0 Å². The van der Waals surface area contributed by atoms with Gasteiger partial charge in [-0.25, -0.2) is 18.6 Å². The maximum absolute atomic E-state index is 14.6. The van der Waals surface area contributed by atoms with Gasteiger partial charge in [-0.1, -0.05) is 22.6 Å². The van der Waals surface area contributed by atoms with E-state index in [1.54, 1.807) is 12.2 Å². The molecule has 1 fully saturated rings. The maximum Gasteiger partial charge on any atom is 0.352 e. The minimum absolute atomic E-state index is 0.0442. The minimum Gasteiger partial charge on any atom is -0.543 e. The number of nitrogens with two attached hydrogens (primary N) is 1. The predicted molar refractivity (Wildman–Crippen MR) is 155 cm³/mol. The summed E-state index contributed by atoms with van der Waals surface area (Å²) in [7, 11) is 0. The summed E-state index contributed by atoms with van der Waals surface area (Å²) in [5, 5.41) is 48.8. The van der Waals surface area contributed by atoms with Crippen LogP contribution in [0.1, 0.15) is 17.4 Å². The number of amides is 2. The number of nitrogens with zero attached hydrogens (tertiary/aromatic N) is 4. The first-order chi connectivity index (χ1) is 21.9. The Bertz CT molecular complexity index is 1830. The van der Waals surface area contributed by atoms with Gasteiger partial charge in [-0.2, -0.15) is 4.57 Å². The van der Waals surface area contributed by atoms with Crippen LogP contribution in [0.15, 0.2) is 57.1 Å². The summed E-state index contributed by atoms with van der Waals surface area (Å²) < 4.78 is 30.4. The number of carbonyl (C=O) groups excluding carboxylic acids is 3. The minimum atomic E-state index is -2.44. The summed E-state index contributed by atoms with van der Waals surface area (Å²) in [6, 6.07) is -1.01. The lowest BCUT2D eigenvalue weighted by atomic mass is 10.0. The van der Waals surface area contributed by atoms with Crippen LogP contribution >= 0.6 is 34.4 Å². The summed E-state index contributed by atoms with van der Waals surface area (Å²) in [6.45, 7) is 0.456. The number of carboxylic acid groups (broad SMARTS) is 2. The fourth-order valence-electron chi connectivity index (χ4n) is 4.41. The Balaban J connectivity index is 1.38. The number of allylic oxidation sites excluding steroid dienone is 2. The molecular weight excluding hydrogens is 675 g/mol. The van der Waals surface area contributed by atoms with Gasteiger partial charge in [-0.3, -0.25) is 14.5 Å². The van der Waals surface area contributed by atoms with Crippen LogP contribution in [-0.4, -0.2) is 71.8 Å². The van der Waals surface area contributed by atoms with E-state index in [4.69, 9.17) is 10.6 Å². The molecule has 0 spiro atoms. The third kappa shape index (κ3) is 6.21. The van der Waals surface area contributed by atoms with E-state index in [2.05, 4.69) is 15.5 Å². The van der Waals surface area contributed by atoms with Gasteiger partial charge in [0, 0.05) is 16.7 Å². The van der Waals surface area contributed by atoms with Crippen molar-refractivity contribution in [1.29, 1.82) is 0 Å². The lowest BCUT2D eigenvalue weighted by Gasteiger charge is -2.50. The second-order valence-corrected chi connectivity index (χ2v) is 12.2. The largest absolute Gasteiger partial charge is 0.543 e. The normalized spacial score (nSPS) is 18.7. The number of oxime groups is 1. The zero-order valence-electron chi connectivity index (χ0n) is 22.8. The molecule has 2 aliphatic heterocycles. The number of hydrogen-bond donors (Lipinski definition) is 5. The Kier molecular flexibility index (Phi) is 9.21. The molecule has 0 aliphatic carbocycles. The number of phenolic OH excluding ortho intramolecular Hbond substituents is 2. The molecule has 2 aromatic heterocycles. The third-order valence-corrected chi connectivity index (χ3v) is 9.22. The Hall–Kier alpha value is -5.08. The molecule has 1 saturated heterocycles. The smallest absolute Gasteiger partial charge is 0.352 e. The monoisotopic (exact) mass is 694 g/mol. The van der Waals surface area contributed by atoms with Gasteiger partial charge in [-0.15, -0.1) is 23.1 Å². The summed E-state index contributed by atoms with van der Waals surface area (Å²) in [4.78, 5) is 60.2. The number of nitrogens with one attached hydrogen (secondary N) is 1. The number of rotatable bonds is 11. The predicted octanol–water partition coefficient (Wildman–Crippen LogP) is -0.0294. The number of β-lactam (4-membered cyclic amide) rings is 1. The Morgan fingerprint density at radius 3 is 2.72 bits per heavy atom. The van der Waals surface area contributed by atoms with Crippen molar-refractivity contribution >= 4 is 69.0 Å². The van der Waals surface area contributed by atoms with Crippen LogP contribution in [0.2, 0.25) is 0 Å². The molecule has 0 radical (unpaired) electrons. The van der Waals surface area contributed by atoms with Crippen LogP contribution in [0.25, 0.3) is 0 Å². The van der Waals surface area contributed by atoms with Crippen molar-refractivity contribution in [2.24, 2.45) is 5.16 Å². The van der Waals surface area contributed by atoms with E-state index in [9.17, 15) is 48.4 Å². The highest BCUT2D eigenvalue weighted by Crippen LogP contribution is 2.41. The zero-order valence-corrected chi connectivity index (χ0v) is 25.3. The first kappa shape index (κ1) is 32.3. The number of thioether (sulfide) groups is 1. The quantitative estimate of drug-likeness (QED) is 0.0586. The molecule has 5 rings (SSSR count). The van der Waals surface area contributed by atoms with Crippen LogP contribution in [-0.2, 0) is 30.6 Å². The molecule has 6 N–H and O–H groups in total. The third-order valence-electron chi connectivity index (χ3n) is 6.57. The molecule has 3 unspecified atom stereocenters. The molecule has 15 nitrogen and oxygen atoms in total. The molecule has 2 amide bonds. The van der Waals surface area contributed by atoms with Crippen molar-refractivity contribution in [3.63, 3.8) is 0 Å². The standard InChI is InChI=1S/C26H20F2N6O9S3/c27-12-6-11(14(28)19(36)18(12)35)20(25(41)42)43-32-15(13-8-46-26(29)30-13)21(37)31-16-22(38)34-17(24(39)40)10(7-45-23(16)34)2-1-3-33-4-5-44-9-33/h1-2,4-6,8-9,16,20,23H,3,7H2,(H6-,29,30,31,32,35,36,37,39,40,41,42). The van der Waals surface area contributed by atoms with Gasteiger partial charge in [0.25, 0.3) is 17.9 Å². The number of hydrogen-bond acceptors (Lipinski definition) is 14. The zero-order chi connectivity index (χ0) is 33.3. The first-order valence-corrected chi connectivity index (χ1v) is 15.6.